The summed E-state index contributed by atoms with van der Waals surface area (Å²) in [6, 6.07) is 20.8. The summed E-state index contributed by atoms with van der Waals surface area (Å²) in [6.45, 7) is 1.77. The summed E-state index contributed by atoms with van der Waals surface area (Å²) in [4.78, 5) is 38.7. The van der Waals surface area contributed by atoms with E-state index in [4.69, 9.17) is 21.1 Å². The molecule has 1 N–H and O–H groups in total. The molecule has 4 aromatic rings. The fraction of sp³-hybridized carbons (Fsp3) is 0.148. The van der Waals surface area contributed by atoms with Crippen molar-refractivity contribution < 1.29 is 19.1 Å². The van der Waals surface area contributed by atoms with E-state index in [2.05, 4.69) is 5.32 Å². The number of nitrogens with zero attached hydrogens (tertiary/aromatic N) is 2. The molecular weight excluding hydrogens is 482 g/mol. The van der Waals surface area contributed by atoms with Crippen LogP contribution < -0.4 is 15.6 Å². The van der Waals surface area contributed by atoms with Crippen LogP contribution in [0.4, 0.5) is 5.69 Å². The summed E-state index contributed by atoms with van der Waals surface area (Å²) in [5.74, 6) is 0.00432. The molecule has 0 atom stereocenters. The molecule has 0 unspecified atom stereocenters. The second-order valence-corrected chi connectivity index (χ2v) is 8.61. The lowest BCUT2D eigenvalue weighted by atomic mass is 10.0. The average molecular weight is 504 g/mol. The van der Waals surface area contributed by atoms with Gasteiger partial charge in [0.25, 0.3) is 5.56 Å². The SMILES string of the molecule is CCOC(=O)c1cccc(NC(=O)Cn2c3c(c(=O)n2-c2ccccc2)Cc2cc(Cl)ccc2O3)c1. The van der Waals surface area contributed by atoms with Crippen LogP contribution in [-0.4, -0.2) is 27.8 Å². The molecule has 1 aliphatic rings. The number of benzene rings is 3. The molecule has 8 nitrogen and oxygen atoms in total. The standard InChI is InChI=1S/C27H22ClN3O5/c1-2-35-27(34)17-7-6-8-20(14-17)29-24(32)16-30-26-22(15-18-13-19(28)11-12-23(18)36-26)25(33)31(30)21-9-4-3-5-10-21/h3-14H,2,15-16H2,1H3,(H,29,32). The first-order valence-electron chi connectivity index (χ1n) is 11.4. The Labute approximate surface area is 211 Å². The summed E-state index contributed by atoms with van der Waals surface area (Å²) in [6.07, 6.45) is 0.326. The third-order valence-electron chi connectivity index (χ3n) is 5.73. The molecule has 0 spiro atoms. The highest BCUT2D eigenvalue weighted by Crippen LogP contribution is 2.37. The molecule has 1 amide bonds. The van der Waals surface area contributed by atoms with Crippen molar-refractivity contribution in [3.63, 3.8) is 0 Å². The van der Waals surface area contributed by atoms with Crippen molar-refractivity contribution in [2.75, 3.05) is 11.9 Å². The van der Waals surface area contributed by atoms with Crippen LogP contribution in [0.1, 0.15) is 28.4 Å². The molecule has 1 aromatic heterocycles. The quantitative estimate of drug-likeness (QED) is 0.336. The van der Waals surface area contributed by atoms with E-state index in [1.807, 2.05) is 18.2 Å². The maximum atomic E-state index is 13.5. The Morgan fingerprint density at radius 2 is 1.86 bits per heavy atom. The van der Waals surface area contributed by atoms with E-state index in [0.717, 1.165) is 5.56 Å². The van der Waals surface area contributed by atoms with Gasteiger partial charge in [-0.05, 0) is 55.5 Å². The number of aromatic nitrogens is 2. The number of nitrogens with one attached hydrogen (secondary N) is 1. The van der Waals surface area contributed by atoms with Crippen LogP contribution in [0, 0.1) is 0 Å². The molecule has 9 heteroatoms. The van der Waals surface area contributed by atoms with Gasteiger partial charge in [-0.2, -0.15) is 0 Å². The predicted octanol–water partition coefficient (Wildman–Crippen LogP) is 4.80. The normalized spacial score (nSPS) is 11.7. The number of ether oxygens (including phenoxy) is 2. The van der Waals surface area contributed by atoms with Crippen molar-refractivity contribution in [3.05, 3.63) is 105 Å². The van der Waals surface area contributed by atoms with Gasteiger partial charge < -0.3 is 14.8 Å². The first-order valence-corrected chi connectivity index (χ1v) is 11.8. The molecular formula is C27H22ClN3O5. The molecule has 1 aliphatic heterocycles. The van der Waals surface area contributed by atoms with Crippen molar-refractivity contribution in [2.24, 2.45) is 0 Å². The molecule has 0 aliphatic carbocycles. The van der Waals surface area contributed by atoms with Crippen molar-refractivity contribution in [3.8, 4) is 17.3 Å². The lowest BCUT2D eigenvalue weighted by Crippen LogP contribution is -2.27. The lowest BCUT2D eigenvalue weighted by Gasteiger charge is -2.19. The fourth-order valence-corrected chi connectivity index (χ4v) is 4.36. The second kappa shape index (κ2) is 9.75. The maximum Gasteiger partial charge on any atom is 0.338 e. The minimum atomic E-state index is -0.474. The lowest BCUT2D eigenvalue weighted by molar-refractivity contribution is -0.117. The predicted molar refractivity (Wildman–Crippen MR) is 135 cm³/mol. The third kappa shape index (κ3) is 4.50. The zero-order chi connectivity index (χ0) is 25.2. The second-order valence-electron chi connectivity index (χ2n) is 8.17. The summed E-state index contributed by atoms with van der Waals surface area (Å²) < 4.78 is 14.1. The summed E-state index contributed by atoms with van der Waals surface area (Å²) >= 11 is 6.14. The number of hydrogen-bond donors (Lipinski definition) is 1. The molecule has 36 heavy (non-hydrogen) atoms. The third-order valence-corrected chi connectivity index (χ3v) is 5.97. The summed E-state index contributed by atoms with van der Waals surface area (Å²) in [5.41, 5.74) is 2.31. The molecule has 3 aromatic carbocycles. The maximum absolute atomic E-state index is 13.5. The van der Waals surface area contributed by atoms with Gasteiger partial charge in [-0.3, -0.25) is 9.59 Å². The highest BCUT2D eigenvalue weighted by Gasteiger charge is 2.29. The Hall–Kier alpha value is -4.30. The first kappa shape index (κ1) is 23.4. The molecule has 0 fully saturated rings. The Morgan fingerprint density at radius 3 is 2.64 bits per heavy atom. The van der Waals surface area contributed by atoms with Crippen molar-refractivity contribution >= 4 is 29.2 Å². The zero-order valence-corrected chi connectivity index (χ0v) is 20.1. The van der Waals surface area contributed by atoms with E-state index in [0.29, 0.717) is 45.6 Å². The van der Waals surface area contributed by atoms with E-state index in [1.165, 1.54) is 9.36 Å². The van der Waals surface area contributed by atoms with E-state index in [-0.39, 0.29) is 18.7 Å². The Balaban J connectivity index is 1.50. The van der Waals surface area contributed by atoms with E-state index < -0.39 is 11.9 Å². The smallest absolute Gasteiger partial charge is 0.338 e. The molecule has 182 valence electrons. The summed E-state index contributed by atoms with van der Waals surface area (Å²) in [5, 5.41) is 3.34. The van der Waals surface area contributed by atoms with Gasteiger partial charge in [0.15, 0.2) is 0 Å². The minimum absolute atomic E-state index is 0.202. The Morgan fingerprint density at radius 1 is 1.06 bits per heavy atom. The van der Waals surface area contributed by atoms with Gasteiger partial charge in [0.2, 0.25) is 11.8 Å². The van der Waals surface area contributed by atoms with Crippen LogP contribution in [0.3, 0.4) is 0 Å². The van der Waals surface area contributed by atoms with Crippen LogP contribution in [0.5, 0.6) is 11.6 Å². The average Bonchev–Trinajstić information content (AvgIpc) is 3.13. The zero-order valence-electron chi connectivity index (χ0n) is 19.4. The topological polar surface area (TPSA) is 91.6 Å². The van der Waals surface area contributed by atoms with Gasteiger partial charge in [0, 0.05) is 22.7 Å². The molecule has 5 rings (SSSR count). The molecule has 0 saturated heterocycles. The van der Waals surface area contributed by atoms with Gasteiger partial charge in [-0.25, -0.2) is 14.2 Å². The number of hydrogen-bond acceptors (Lipinski definition) is 5. The largest absolute Gasteiger partial charge is 0.462 e. The number of fused-ring (bicyclic) bond motifs is 2. The number of rotatable bonds is 6. The highest BCUT2D eigenvalue weighted by molar-refractivity contribution is 6.30. The number of para-hydroxylation sites is 1. The van der Waals surface area contributed by atoms with E-state index >= 15 is 0 Å². The molecule has 0 radical (unpaired) electrons. The van der Waals surface area contributed by atoms with Gasteiger partial charge in [-0.15, -0.1) is 0 Å². The number of amides is 1. The molecule has 0 saturated carbocycles. The number of anilines is 1. The Kier molecular flexibility index (Phi) is 6.35. The van der Waals surface area contributed by atoms with Crippen LogP contribution in [-0.2, 0) is 22.5 Å². The van der Waals surface area contributed by atoms with Crippen molar-refractivity contribution in [1.29, 1.82) is 0 Å². The highest BCUT2D eigenvalue weighted by atomic mass is 35.5. The van der Waals surface area contributed by atoms with Crippen LogP contribution in [0.15, 0.2) is 77.6 Å². The van der Waals surface area contributed by atoms with Gasteiger partial charge in [0.05, 0.1) is 23.4 Å². The van der Waals surface area contributed by atoms with E-state index in [1.54, 1.807) is 61.5 Å². The monoisotopic (exact) mass is 503 g/mol. The minimum Gasteiger partial charge on any atom is -0.462 e. The van der Waals surface area contributed by atoms with Crippen molar-refractivity contribution in [1.82, 2.24) is 9.36 Å². The van der Waals surface area contributed by atoms with Crippen LogP contribution >= 0.6 is 11.6 Å². The number of halogens is 1. The van der Waals surface area contributed by atoms with Crippen LogP contribution in [0.2, 0.25) is 5.02 Å². The molecule has 0 bridgehead atoms. The van der Waals surface area contributed by atoms with Gasteiger partial charge in [-0.1, -0.05) is 35.9 Å². The Bertz CT molecular complexity index is 1520. The number of esters is 1. The van der Waals surface area contributed by atoms with Crippen molar-refractivity contribution in [2.45, 2.75) is 19.9 Å². The van der Waals surface area contributed by atoms with Gasteiger partial charge >= 0.3 is 5.97 Å². The summed E-state index contributed by atoms with van der Waals surface area (Å²) in [7, 11) is 0. The molecule has 2 heterocycles. The van der Waals surface area contributed by atoms with Crippen LogP contribution in [0.25, 0.3) is 5.69 Å². The van der Waals surface area contributed by atoms with Gasteiger partial charge in [0.1, 0.15) is 12.3 Å². The fourth-order valence-electron chi connectivity index (χ4n) is 4.16. The van der Waals surface area contributed by atoms with E-state index in [9.17, 15) is 14.4 Å². The number of carbonyl (C=O) groups excluding carboxylic acids is 2. The first-order chi connectivity index (χ1) is 17.4. The number of carbonyl (C=O) groups is 2.